The van der Waals surface area contributed by atoms with Crippen molar-refractivity contribution in [3.05, 3.63) is 63.7 Å². The van der Waals surface area contributed by atoms with Gasteiger partial charge in [0, 0.05) is 0 Å². The molecule has 0 aromatic heterocycles. The molecule has 0 fully saturated rings. The number of aryl methyl sites for hydroxylation is 1. The molecule has 0 heterocycles. The average Bonchev–Trinajstić information content (AvgIpc) is 2.36. The normalized spacial score (nSPS) is 9.55. The van der Waals surface area contributed by atoms with Gasteiger partial charge in [0.05, 0.1) is 16.3 Å². The Hall–Kier alpha value is -2.70. The minimum absolute atomic E-state index is 0.662. The summed E-state index contributed by atoms with van der Waals surface area (Å²) in [6.07, 6.45) is 0. The van der Waals surface area contributed by atoms with Crippen LogP contribution in [0, 0.1) is 28.7 Å². The molecule has 5 nitrogen and oxygen atoms in total. The third kappa shape index (κ3) is 3.64. The Bertz CT molecular complexity index is 593. The van der Waals surface area contributed by atoms with E-state index in [2.05, 4.69) is 0 Å². The van der Waals surface area contributed by atoms with Crippen molar-refractivity contribution in [2.45, 2.75) is 6.92 Å². The molecule has 2 aromatic carbocycles. The van der Waals surface area contributed by atoms with Crippen LogP contribution in [0.1, 0.15) is 5.56 Å². The number of para-hydroxylation sites is 2. The molecule has 0 aliphatic heterocycles. The molecule has 0 bridgehead atoms. The molecule has 0 amide bonds. The van der Waals surface area contributed by atoms with Gasteiger partial charge in [-0.2, -0.15) is 8.78 Å². The van der Waals surface area contributed by atoms with Crippen LogP contribution in [0.4, 0.5) is 25.8 Å². The second kappa shape index (κ2) is 6.46. The molecule has 2 aromatic rings. The number of hydrogen-bond acceptors (Lipinski definition) is 4. The number of nitrogen functional groups attached to an aromatic ring is 2. The molecule has 106 valence electrons. The van der Waals surface area contributed by atoms with Gasteiger partial charge in [-0.05, 0) is 30.7 Å². The highest BCUT2D eigenvalue weighted by atomic mass is 19.1. The van der Waals surface area contributed by atoms with Crippen molar-refractivity contribution in [3.8, 4) is 0 Å². The van der Waals surface area contributed by atoms with Crippen molar-refractivity contribution in [2.24, 2.45) is 0 Å². The van der Waals surface area contributed by atoms with E-state index in [0.717, 1.165) is 23.8 Å². The minimum Gasteiger partial charge on any atom is -0.397 e. The highest BCUT2D eigenvalue weighted by Crippen LogP contribution is 2.19. The van der Waals surface area contributed by atoms with Crippen LogP contribution in [0.3, 0.4) is 0 Å². The van der Waals surface area contributed by atoms with Crippen molar-refractivity contribution in [3.63, 3.8) is 0 Å². The summed E-state index contributed by atoms with van der Waals surface area (Å²) in [7, 11) is 0. The smallest absolute Gasteiger partial charge is 0.340 e. The summed E-state index contributed by atoms with van der Waals surface area (Å²) in [5.74, 6) is -2.31. The highest BCUT2D eigenvalue weighted by molar-refractivity contribution is 5.66. The third-order valence-electron chi connectivity index (χ3n) is 2.48. The Labute approximate surface area is 114 Å². The molecule has 0 aliphatic carbocycles. The summed E-state index contributed by atoms with van der Waals surface area (Å²) in [6, 6.07) is 8.36. The summed E-state index contributed by atoms with van der Waals surface area (Å²) in [5.41, 5.74) is 12.3. The molecule has 0 atom stereocenters. The molecule has 7 heteroatoms. The first-order chi connectivity index (χ1) is 9.34. The lowest BCUT2D eigenvalue weighted by atomic mass is 10.2. The van der Waals surface area contributed by atoms with Gasteiger partial charge in [0.15, 0.2) is 0 Å². The number of rotatable bonds is 1. The van der Waals surface area contributed by atoms with E-state index in [0.29, 0.717) is 11.4 Å². The van der Waals surface area contributed by atoms with Crippen LogP contribution in [0.5, 0.6) is 0 Å². The highest BCUT2D eigenvalue weighted by Gasteiger charge is 2.18. The first-order valence-electron chi connectivity index (χ1n) is 5.53. The van der Waals surface area contributed by atoms with Gasteiger partial charge in [0.25, 0.3) is 0 Å². The average molecular weight is 281 g/mol. The number of hydrogen-bond donors (Lipinski definition) is 2. The number of halogens is 2. The lowest BCUT2D eigenvalue weighted by Gasteiger charge is -2.00. The van der Waals surface area contributed by atoms with E-state index in [1.807, 2.05) is 19.1 Å². The predicted octanol–water partition coefficient (Wildman–Crippen LogP) is 3.03. The summed E-state index contributed by atoms with van der Waals surface area (Å²) >= 11 is 0. The summed E-state index contributed by atoms with van der Waals surface area (Å²) in [5, 5.41) is 9.97. The summed E-state index contributed by atoms with van der Waals surface area (Å²) in [6.45, 7) is 1.94. The van der Waals surface area contributed by atoms with E-state index in [1.165, 1.54) is 0 Å². The number of nitrogens with zero attached hydrogens (tertiary/aromatic N) is 1. The first-order valence-corrected chi connectivity index (χ1v) is 5.53. The van der Waals surface area contributed by atoms with Gasteiger partial charge in [-0.1, -0.05) is 18.2 Å². The fourth-order valence-corrected chi connectivity index (χ4v) is 1.37. The number of nitrogens with two attached hydrogens (primary N) is 2. The van der Waals surface area contributed by atoms with Gasteiger partial charge < -0.3 is 11.5 Å². The Balaban J connectivity index is 0.000000204. The SMILES string of the molecule is Cc1cccc(N)c1N.O=[N+]([O-])c1c(F)cccc1F. The molecule has 2 rings (SSSR count). The standard InChI is InChI=1S/C7H10N2.C6H3F2NO2/c1-5-3-2-4-6(8)7(5)9;7-4-2-1-3-5(8)6(4)9(10)11/h2-4H,8-9H2,1H3;1-3H. The quantitative estimate of drug-likeness (QED) is 0.477. The van der Waals surface area contributed by atoms with E-state index in [9.17, 15) is 18.9 Å². The van der Waals surface area contributed by atoms with Crippen molar-refractivity contribution in [1.82, 2.24) is 0 Å². The van der Waals surface area contributed by atoms with Crippen molar-refractivity contribution in [2.75, 3.05) is 11.5 Å². The maximum absolute atomic E-state index is 12.4. The predicted molar refractivity (Wildman–Crippen MR) is 73.0 cm³/mol. The number of nitro benzene ring substituents is 1. The summed E-state index contributed by atoms with van der Waals surface area (Å²) < 4.78 is 24.8. The molecule has 4 N–H and O–H groups in total. The largest absolute Gasteiger partial charge is 0.397 e. The number of nitro groups is 1. The van der Waals surface area contributed by atoms with E-state index >= 15 is 0 Å². The van der Waals surface area contributed by atoms with Crippen LogP contribution in [-0.2, 0) is 0 Å². The molecule has 0 spiro atoms. The molecule has 0 saturated carbocycles. The molecular weight excluding hydrogens is 268 g/mol. The van der Waals surface area contributed by atoms with Crippen LogP contribution in [-0.4, -0.2) is 4.92 Å². The molecular formula is C13H13F2N3O2. The Morgan fingerprint density at radius 3 is 1.90 bits per heavy atom. The van der Waals surface area contributed by atoms with Crippen LogP contribution in [0.15, 0.2) is 36.4 Å². The molecule has 0 unspecified atom stereocenters. The zero-order valence-electron chi connectivity index (χ0n) is 10.6. The zero-order chi connectivity index (χ0) is 15.3. The van der Waals surface area contributed by atoms with Gasteiger partial charge in [-0.25, -0.2) is 0 Å². The van der Waals surface area contributed by atoms with Gasteiger partial charge in [0.2, 0.25) is 11.6 Å². The van der Waals surface area contributed by atoms with E-state index in [-0.39, 0.29) is 0 Å². The molecule has 0 aliphatic rings. The van der Waals surface area contributed by atoms with Gasteiger partial charge in [-0.15, -0.1) is 0 Å². The van der Waals surface area contributed by atoms with Gasteiger partial charge >= 0.3 is 5.69 Å². The van der Waals surface area contributed by atoms with Crippen LogP contribution >= 0.6 is 0 Å². The molecule has 0 saturated heterocycles. The maximum Gasteiger partial charge on any atom is 0.340 e. The van der Waals surface area contributed by atoms with Crippen molar-refractivity contribution < 1.29 is 13.7 Å². The Morgan fingerprint density at radius 2 is 1.55 bits per heavy atom. The fraction of sp³-hybridized carbons (Fsp3) is 0.0769. The number of benzene rings is 2. The second-order valence-electron chi connectivity index (χ2n) is 3.91. The van der Waals surface area contributed by atoms with Crippen LogP contribution in [0.2, 0.25) is 0 Å². The molecule has 20 heavy (non-hydrogen) atoms. The van der Waals surface area contributed by atoms with Crippen molar-refractivity contribution >= 4 is 17.1 Å². The molecule has 0 radical (unpaired) electrons. The Morgan fingerprint density at radius 1 is 1.05 bits per heavy atom. The monoisotopic (exact) mass is 281 g/mol. The minimum atomic E-state index is -1.16. The van der Waals surface area contributed by atoms with Crippen molar-refractivity contribution in [1.29, 1.82) is 0 Å². The topological polar surface area (TPSA) is 95.2 Å². The maximum atomic E-state index is 12.4. The van der Waals surface area contributed by atoms with Crippen LogP contribution in [0.25, 0.3) is 0 Å². The Kier molecular flexibility index (Phi) is 4.96. The lowest BCUT2D eigenvalue weighted by Crippen LogP contribution is -1.95. The second-order valence-corrected chi connectivity index (χ2v) is 3.91. The van der Waals surface area contributed by atoms with E-state index in [1.54, 1.807) is 6.07 Å². The van der Waals surface area contributed by atoms with E-state index in [4.69, 9.17) is 11.5 Å². The van der Waals surface area contributed by atoms with Crippen LogP contribution < -0.4 is 11.5 Å². The third-order valence-corrected chi connectivity index (χ3v) is 2.48. The fourth-order valence-electron chi connectivity index (χ4n) is 1.37. The summed E-state index contributed by atoms with van der Waals surface area (Å²) in [4.78, 5) is 8.88. The van der Waals surface area contributed by atoms with Gasteiger partial charge in [0.1, 0.15) is 0 Å². The number of anilines is 2. The lowest BCUT2D eigenvalue weighted by molar-refractivity contribution is -0.390. The first kappa shape index (κ1) is 15.4. The van der Waals surface area contributed by atoms with Gasteiger partial charge in [-0.3, -0.25) is 10.1 Å². The zero-order valence-corrected chi connectivity index (χ0v) is 10.6. The van der Waals surface area contributed by atoms with E-state index < -0.39 is 22.2 Å².